The minimum Gasteiger partial charge on any atom is -0.396 e. The molecule has 1 heterocycles. The van der Waals surface area contributed by atoms with Crippen molar-refractivity contribution in [2.75, 3.05) is 17.7 Å². The van der Waals surface area contributed by atoms with Gasteiger partial charge in [0.25, 0.3) is 0 Å². The van der Waals surface area contributed by atoms with E-state index in [0.29, 0.717) is 16.7 Å². The van der Waals surface area contributed by atoms with Crippen LogP contribution in [-0.2, 0) is 6.54 Å². The van der Waals surface area contributed by atoms with Crippen molar-refractivity contribution in [3.8, 4) is 0 Å². The number of nitrogens with zero attached hydrogens (tertiary/aromatic N) is 2. The maximum absolute atomic E-state index is 5.90. The first-order valence-corrected chi connectivity index (χ1v) is 6.61. The SMILES string of the molecule is CN(Cc1ccc(Br)cc1)c1nc(Cl)ccc1N. The van der Waals surface area contributed by atoms with Gasteiger partial charge in [-0.15, -0.1) is 0 Å². The van der Waals surface area contributed by atoms with Crippen molar-refractivity contribution < 1.29 is 0 Å². The third-order valence-corrected chi connectivity index (χ3v) is 3.31. The maximum atomic E-state index is 5.90. The summed E-state index contributed by atoms with van der Waals surface area (Å²) in [7, 11) is 1.94. The van der Waals surface area contributed by atoms with Crippen LogP contribution in [0.1, 0.15) is 5.56 Å². The largest absolute Gasteiger partial charge is 0.396 e. The first kappa shape index (κ1) is 13.2. The fourth-order valence-corrected chi connectivity index (χ4v) is 2.09. The molecule has 3 nitrogen and oxygen atoms in total. The van der Waals surface area contributed by atoms with E-state index in [-0.39, 0.29) is 0 Å². The highest BCUT2D eigenvalue weighted by Crippen LogP contribution is 2.23. The summed E-state index contributed by atoms with van der Waals surface area (Å²) < 4.78 is 1.06. The fraction of sp³-hybridized carbons (Fsp3) is 0.154. The molecule has 0 aliphatic carbocycles. The lowest BCUT2D eigenvalue weighted by Gasteiger charge is -2.20. The van der Waals surface area contributed by atoms with Gasteiger partial charge in [0.1, 0.15) is 5.15 Å². The van der Waals surface area contributed by atoms with Crippen LogP contribution in [0.25, 0.3) is 0 Å². The normalized spacial score (nSPS) is 10.4. The highest BCUT2D eigenvalue weighted by atomic mass is 79.9. The number of halogens is 2. The van der Waals surface area contributed by atoms with E-state index in [4.69, 9.17) is 17.3 Å². The number of nitrogens with two attached hydrogens (primary N) is 1. The van der Waals surface area contributed by atoms with Gasteiger partial charge in [0.15, 0.2) is 5.82 Å². The van der Waals surface area contributed by atoms with Gasteiger partial charge in [0.05, 0.1) is 5.69 Å². The molecular weight excluding hydrogens is 314 g/mol. The molecule has 0 fully saturated rings. The van der Waals surface area contributed by atoms with E-state index in [1.54, 1.807) is 12.1 Å². The Hall–Kier alpha value is -1.26. The Balaban J connectivity index is 2.18. The number of anilines is 2. The lowest BCUT2D eigenvalue weighted by atomic mass is 10.2. The van der Waals surface area contributed by atoms with E-state index in [0.717, 1.165) is 11.0 Å². The highest BCUT2D eigenvalue weighted by molar-refractivity contribution is 9.10. The highest BCUT2D eigenvalue weighted by Gasteiger charge is 2.08. The van der Waals surface area contributed by atoms with E-state index in [9.17, 15) is 0 Å². The lowest BCUT2D eigenvalue weighted by molar-refractivity contribution is 0.900. The number of nitrogen functional groups attached to an aromatic ring is 1. The van der Waals surface area contributed by atoms with Crippen molar-refractivity contribution in [1.82, 2.24) is 4.98 Å². The van der Waals surface area contributed by atoms with Crippen molar-refractivity contribution in [1.29, 1.82) is 0 Å². The summed E-state index contributed by atoms with van der Waals surface area (Å²) in [5.41, 5.74) is 7.70. The van der Waals surface area contributed by atoms with E-state index >= 15 is 0 Å². The van der Waals surface area contributed by atoms with Gasteiger partial charge in [-0.25, -0.2) is 4.98 Å². The third-order valence-electron chi connectivity index (χ3n) is 2.57. The van der Waals surface area contributed by atoms with Crippen LogP contribution in [0.3, 0.4) is 0 Å². The van der Waals surface area contributed by atoms with Crippen LogP contribution >= 0.6 is 27.5 Å². The zero-order valence-corrected chi connectivity index (χ0v) is 12.2. The minimum absolute atomic E-state index is 0.446. The molecule has 2 N–H and O–H groups in total. The Morgan fingerprint density at radius 2 is 1.89 bits per heavy atom. The summed E-state index contributed by atoms with van der Waals surface area (Å²) in [4.78, 5) is 6.22. The summed E-state index contributed by atoms with van der Waals surface area (Å²) in [6.07, 6.45) is 0. The van der Waals surface area contributed by atoms with Crippen LogP contribution in [0, 0.1) is 0 Å². The van der Waals surface area contributed by atoms with Crippen molar-refractivity contribution >= 4 is 39.0 Å². The van der Waals surface area contributed by atoms with Crippen molar-refractivity contribution in [3.63, 3.8) is 0 Å². The molecule has 0 spiro atoms. The summed E-state index contributed by atoms with van der Waals surface area (Å²) in [5.74, 6) is 0.699. The van der Waals surface area contributed by atoms with Crippen LogP contribution in [0.15, 0.2) is 40.9 Å². The first-order chi connectivity index (χ1) is 8.56. The van der Waals surface area contributed by atoms with Gasteiger partial charge < -0.3 is 10.6 Å². The molecule has 0 atom stereocenters. The minimum atomic E-state index is 0.446. The average molecular weight is 327 g/mol. The lowest BCUT2D eigenvalue weighted by Crippen LogP contribution is -2.19. The second kappa shape index (κ2) is 5.59. The monoisotopic (exact) mass is 325 g/mol. The Morgan fingerprint density at radius 1 is 1.22 bits per heavy atom. The number of pyridine rings is 1. The predicted molar refractivity (Wildman–Crippen MR) is 79.9 cm³/mol. The quantitative estimate of drug-likeness (QED) is 0.874. The van der Waals surface area contributed by atoms with Gasteiger partial charge in [-0.3, -0.25) is 0 Å². The summed E-state index contributed by atoms with van der Waals surface area (Å²) in [5, 5.41) is 0.446. The second-order valence-electron chi connectivity index (χ2n) is 4.03. The Kier molecular flexibility index (Phi) is 4.09. The van der Waals surface area contributed by atoms with Crippen LogP contribution in [0.2, 0.25) is 5.15 Å². The second-order valence-corrected chi connectivity index (χ2v) is 5.33. The summed E-state index contributed by atoms with van der Waals surface area (Å²) in [6, 6.07) is 11.6. The van der Waals surface area contributed by atoms with E-state index < -0.39 is 0 Å². The predicted octanol–water partition coefficient (Wildman–Crippen LogP) is 3.72. The number of aromatic nitrogens is 1. The topological polar surface area (TPSA) is 42.2 Å². The third kappa shape index (κ3) is 3.15. The Labute approximate surface area is 120 Å². The van der Waals surface area contributed by atoms with E-state index in [1.165, 1.54) is 5.56 Å². The van der Waals surface area contributed by atoms with Crippen molar-refractivity contribution in [2.24, 2.45) is 0 Å². The molecule has 5 heteroatoms. The molecular formula is C13H13BrClN3. The van der Waals surface area contributed by atoms with Crippen LogP contribution in [-0.4, -0.2) is 12.0 Å². The summed E-state index contributed by atoms with van der Waals surface area (Å²) in [6.45, 7) is 0.727. The van der Waals surface area contributed by atoms with Crippen LogP contribution in [0.5, 0.6) is 0 Å². The molecule has 0 saturated carbocycles. The molecule has 0 aliphatic heterocycles. The fourth-order valence-electron chi connectivity index (χ4n) is 1.68. The molecule has 18 heavy (non-hydrogen) atoms. The van der Waals surface area contributed by atoms with E-state index in [1.807, 2.05) is 24.1 Å². The molecule has 1 aromatic carbocycles. The Morgan fingerprint density at radius 3 is 2.56 bits per heavy atom. The number of rotatable bonds is 3. The van der Waals surface area contributed by atoms with Crippen molar-refractivity contribution in [2.45, 2.75) is 6.54 Å². The number of benzene rings is 1. The number of hydrogen-bond acceptors (Lipinski definition) is 3. The molecule has 0 bridgehead atoms. The summed E-state index contributed by atoms with van der Waals surface area (Å²) >= 11 is 9.30. The van der Waals surface area contributed by atoms with Gasteiger partial charge in [-0.05, 0) is 29.8 Å². The van der Waals surface area contributed by atoms with Crippen LogP contribution < -0.4 is 10.6 Å². The molecule has 0 unspecified atom stereocenters. The molecule has 2 aromatic rings. The molecule has 2 rings (SSSR count). The van der Waals surface area contributed by atoms with Crippen molar-refractivity contribution in [3.05, 3.63) is 51.6 Å². The molecule has 94 valence electrons. The molecule has 1 aromatic heterocycles. The number of hydrogen-bond donors (Lipinski definition) is 1. The van der Waals surface area contributed by atoms with Gasteiger partial charge in [-0.2, -0.15) is 0 Å². The maximum Gasteiger partial charge on any atom is 0.153 e. The van der Waals surface area contributed by atoms with Gasteiger partial charge in [0, 0.05) is 18.1 Å². The van der Waals surface area contributed by atoms with Gasteiger partial charge in [-0.1, -0.05) is 39.7 Å². The standard InChI is InChI=1S/C13H13BrClN3/c1-18(8-9-2-4-10(14)5-3-9)13-11(16)6-7-12(15)17-13/h2-7H,8,16H2,1H3. The molecule has 0 amide bonds. The first-order valence-electron chi connectivity index (χ1n) is 5.44. The zero-order chi connectivity index (χ0) is 13.1. The van der Waals surface area contributed by atoms with Gasteiger partial charge >= 0.3 is 0 Å². The van der Waals surface area contributed by atoms with Crippen LogP contribution in [0.4, 0.5) is 11.5 Å². The molecule has 0 aliphatic rings. The molecule has 0 saturated heterocycles. The molecule has 0 radical (unpaired) electrons. The van der Waals surface area contributed by atoms with E-state index in [2.05, 4.69) is 33.0 Å². The average Bonchev–Trinajstić information content (AvgIpc) is 2.35. The Bertz CT molecular complexity index is 542. The smallest absolute Gasteiger partial charge is 0.153 e. The van der Waals surface area contributed by atoms with Gasteiger partial charge in [0.2, 0.25) is 0 Å². The zero-order valence-electron chi connectivity index (χ0n) is 9.90.